The third-order valence-corrected chi connectivity index (χ3v) is 3.41. The van der Waals surface area contributed by atoms with Gasteiger partial charge >= 0.3 is 0 Å². The molecule has 0 amide bonds. The van der Waals surface area contributed by atoms with E-state index in [9.17, 15) is 4.39 Å². The molecule has 0 saturated heterocycles. The molecule has 2 nitrogen and oxygen atoms in total. The molecule has 0 heterocycles. The van der Waals surface area contributed by atoms with Crippen LogP contribution in [0.15, 0.2) is 36.4 Å². The molecule has 0 saturated carbocycles. The minimum absolute atomic E-state index is 0.0726. The summed E-state index contributed by atoms with van der Waals surface area (Å²) in [5.41, 5.74) is 6.54. The first-order valence-electron chi connectivity index (χ1n) is 6.16. The van der Waals surface area contributed by atoms with Crippen LogP contribution in [0.1, 0.15) is 11.1 Å². The first-order chi connectivity index (χ1) is 10.1. The third-order valence-electron chi connectivity index (χ3n) is 2.70. The van der Waals surface area contributed by atoms with Crippen molar-refractivity contribution in [1.82, 2.24) is 0 Å². The molecule has 21 heavy (non-hydrogen) atoms. The van der Waals surface area contributed by atoms with E-state index >= 15 is 0 Å². The van der Waals surface area contributed by atoms with E-state index in [1.807, 2.05) is 0 Å². The highest BCUT2D eigenvalue weighted by atomic mass is 35.5. The molecule has 0 fully saturated rings. The van der Waals surface area contributed by atoms with Crippen molar-refractivity contribution in [2.45, 2.75) is 6.61 Å². The van der Waals surface area contributed by atoms with Crippen LogP contribution in [0.5, 0.6) is 5.75 Å². The van der Waals surface area contributed by atoms with Gasteiger partial charge in [-0.3, -0.25) is 0 Å². The average Bonchev–Trinajstić information content (AvgIpc) is 2.47. The average molecular weight is 324 g/mol. The van der Waals surface area contributed by atoms with E-state index in [1.165, 1.54) is 12.1 Å². The van der Waals surface area contributed by atoms with Gasteiger partial charge in [-0.25, -0.2) is 4.39 Å². The molecule has 0 bridgehead atoms. The Labute approximate surface area is 132 Å². The van der Waals surface area contributed by atoms with E-state index in [-0.39, 0.29) is 18.9 Å². The molecule has 0 spiro atoms. The van der Waals surface area contributed by atoms with Crippen LogP contribution in [-0.2, 0) is 6.61 Å². The standard InChI is InChI=1S/C16H12Cl2FNO/c17-13-4-1-5-14(18)12(13)10-21-16-9-11(3-2-8-20)6-7-15(16)19/h1,4-7,9H,8,10,20H2. The van der Waals surface area contributed by atoms with Crippen LogP contribution in [0.25, 0.3) is 0 Å². The summed E-state index contributed by atoms with van der Waals surface area (Å²) in [5, 5.41) is 0.948. The van der Waals surface area contributed by atoms with E-state index in [0.717, 1.165) is 0 Å². The van der Waals surface area contributed by atoms with Gasteiger partial charge in [-0.15, -0.1) is 0 Å². The van der Waals surface area contributed by atoms with Gasteiger partial charge in [0.2, 0.25) is 0 Å². The van der Waals surface area contributed by atoms with Gasteiger partial charge < -0.3 is 10.5 Å². The lowest BCUT2D eigenvalue weighted by atomic mass is 10.2. The highest BCUT2D eigenvalue weighted by molar-refractivity contribution is 6.35. The van der Waals surface area contributed by atoms with E-state index in [4.69, 9.17) is 33.7 Å². The Hall–Kier alpha value is -1.73. The minimum atomic E-state index is -0.475. The molecular weight excluding hydrogens is 312 g/mol. The molecule has 2 aromatic carbocycles. The Morgan fingerprint density at radius 2 is 1.86 bits per heavy atom. The molecule has 0 radical (unpaired) electrons. The zero-order valence-electron chi connectivity index (χ0n) is 11.0. The van der Waals surface area contributed by atoms with Crippen LogP contribution in [0.3, 0.4) is 0 Å². The minimum Gasteiger partial charge on any atom is -0.486 e. The van der Waals surface area contributed by atoms with Crippen molar-refractivity contribution in [2.24, 2.45) is 5.73 Å². The monoisotopic (exact) mass is 323 g/mol. The van der Waals surface area contributed by atoms with Crippen molar-refractivity contribution < 1.29 is 9.13 Å². The maximum atomic E-state index is 13.7. The summed E-state index contributed by atoms with van der Waals surface area (Å²) in [6.45, 7) is 0.312. The number of rotatable bonds is 3. The number of benzene rings is 2. The van der Waals surface area contributed by atoms with Gasteiger partial charge in [-0.05, 0) is 30.3 Å². The molecule has 0 aliphatic carbocycles. The van der Waals surface area contributed by atoms with Gasteiger partial charge in [0.25, 0.3) is 0 Å². The third kappa shape index (κ3) is 4.12. The van der Waals surface area contributed by atoms with E-state index in [1.54, 1.807) is 24.3 Å². The second-order valence-electron chi connectivity index (χ2n) is 4.14. The first kappa shape index (κ1) is 15.7. The number of ether oxygens (including phenoxy) is 1. The number of nitrogens with two attached hydrogens (primary N) is 1. The summed E-state index contributed by atoms with van der Waals surface area (Å²) < 4.78 is 19.2. The summed E-state index contributed by atoms with van der Waals surface area (Å²) in [5.74, 6) is 5.14. The summed E-state index contributed by atoms with van der Waals surface area (Å²) in [4.78, 5) is 0. The van der Waals surface area contributed by atoms with Crippen LogP contribution in [0, 0.1) is 17.7 Å². The molecule has 2 rings (SSSR count). The van der Waals surface area contributed by atoms with E-state index in [2.05, 4.69) is 11.8 Å². The molecule has 2 N–H and O–H groups in total. The fourth-order valence-electron chi connectivity index (χ4n) is 1.66. The topological polar surface area (TPSA) is 35.2 Å². The second kappa shape index (κ2) is 7.33. The Morgan fingerprint density at radius 3 is 2.52 bits per heavy atom. The van der Waals surface area contributed by atoms with Gasteiger partial charge in [0.05, 0.1) is 6.54 Å². The number of halogens is 3. The van der Waals surface area contributed by atoms with E-state index in [0.29, 0.717) is 21.2 Å². The molecule has 5 heteroatoms. The molecule has 0 atom stereocenters. The maximum Gasteiger partial charge on any atom is 0.165 e. The smallest absolute Gasteiger partial charge is 0.165 e. The predicted molar refractivity (Wildman–Crippen MR) is 83.1 cm³/mol. The Balaban J connectivity index is 2.20. The second-order valence-corrected chi connectivity index (χ2v) is 4.95. The van der Waals surface area contributed by atoms with E-state index < -0.39 is 5.82 Å². The molecular formula is C16H12Cl2FNO. The molecule has 0 unspecified atom stereocenters. The van der Waals surface area contributed by atoms with Gasteiger partial charge in [0.15, 0.2) is 11.6 Å². The van der Waals surface area contributed by atoms with Crippen molar-refractivity contribution in [2.75, 3.05) is 6.54 Å². The summed E-state index contributed by atoms with van der Waals surface area (Å²) in [6, 6.07) is 9.51. The van der Waals surface area contributed by atoms with Crippen LogP contribution in [-0.4, -0.2) is 6.54 Å². The summed E-state index contributed by atoms with van der Waals surface area (Å²) >= 11 is 12.1. The lowest BCUT2D eigenvalue weighted by Crippen LogP contribution is -1.99. The zero-order chi connectivity index (χ0) is 15.2. The van der Waals surface area contributed by atoms with Crippen molar-refractivity contribution in [3.05, 3.63) is 63.4 Å². The van der Waals surface area contributed by atoms with Gasteiger partial charge in [0.1, 0.15) is 6.61 Å². The first-order valence-corrected chi connectivity index (χ1v) is 6.91. The van der Waals surface area contributed by atoms with Crippen LogP contribution in [0.4, 0.5) is 4.39 Å². The largest absolute Gasteiger partial charge is 0.486 e. The number of hydrogen-bond donors (Lipinski definition) is 1. The van der Waals surface area contributed by atoms with Crippen molar-refractivity contribution in [3.63, 3.8) is 0 Å². The fraction of sp³-hybridized carbons (Fsp3) is 0.125. The zero-order valence-corrected chi connectivity index (χ0v) is 12.5. The normalized spacial score (nSPS) is 9.90. The maximum absolute atomic E-state index is 13.7. The molecule has 0 aliphatic rings. The quantitative estimate of drug-likeness (QED) is 0.866. The lowest BCUT2D eigenvalue weighted by molar-refractivity contribution is 0.290. The van der Waals surface area contributed by atoms with Crippen LogP contribution < -0.4 is 10.5 Å². The summed E-state index contributed by atoms with van der Waals surface area (Å²) in [6.07, 6.45) is 0. The Kier molecular flexibility index (Phi) is 5.46. The Morgan fingerprint density at radius 1 is 1.14 bits per heavy atom. The lowest BCUT2D eigenvalue weighted by Gasteiger charge is -2.10. The molecule has 0 aromatic heterocycles. The molecule has 108 valence electrons. The summed E-state index contributed by atoms with van der Waals surface area (Å²) in [7, 11) is 0. The predicted octanol–water partition coefficient (Wildman–Crippen LogP) is 4.02. The van der Waals surface area contributed by atoms with Crippen molar-refractivity contribution in [1.29, 1.82) is 0 Å². The molecule has 0 aliphatic heterocycles. The van der Waals surface area contributed by atoms with Gasteiger partial charge in [-0.1, -0.05) is 41.1 Å². The Bertz CT molecular complexity index is 687. The van der Waals surface area contributed by atoms with Crippen molar-refractivity contribution in [3.8, 4) is 17.6 Å². The van der Waals surface area contributed by atoms with Crippen LogP contribution >= 0.6 is 23.2 Å². The molecule has 2 aromatic rings. The SMILES string of the molecule is NCC#Cc1ccc(F)c(OCc2c(Cl)cccc2Cl)c1. The van der Waals surface area contributed by atoms with Gasteiger partial charge in [0, 0.05) is 21.2 Å². The number of hydrogen-bond acceptors (Lipinski definition) is 2. The highest BCUT2D eigenvalue weighted by Gasteiger charge is 2.09. The van der Waals surface area contributed by atoms with Gasteiger partial charge in [-0.2, -0.15) is 0 Å². The fourth-order valence-corrected chi connectivity index (χ4v) is 2.17. The van der Waals surface area contributed by atoms with Crippen LogP contribution in [0.2, 0.25) is 10.0 Å². The highest BCUT2D eigenvalue weighted by Crippen LogP contribution is 2.27. The van der Waals surface area contributed by atoms with Crippen molar-refractivity contribution >= 4 is 23.2 Å².